The Morgan fingerprint density at radius 3 is 2.76 bits per heavy atom. The van der Waals surface area contributed by atoms with Crippen LogP contribution in [0.25, 0.3) is 23.0 Å². The number of hydrogen-bond acceptors (Lipinski definition) is 6. The maximum absolute atomic E-state index is 13.1. The van der Waals surface area contributed by atoms with E-state index in [4.69, 9.17) is 4.52 Å². The van der Waals surface area contributed by atoms with Crippen molar-refractivity contribution in [2.24, 2.45) is 0 Å². The molecule has 10 heteroatoms. The van der Waals surface area contributed by atoms with Gasteiger partial charge in [-0.05, 0) is 25.0 Å². The highest BCUT2D eigenvalue weighted by Crippen LogP contribution is 2.38. The van der Waals surface area contributed by atoms with Gasteiger partial charge in [0.05, 0.1) is 5.56 Å². The summed E-state index contributed by atoms with van der Waals surface area (Å²) in [6.07, 6.45) is -1.77. The van der Waals surface area contributed by atoms with Gasteiger partial charge in [-0.2, -0.15) is 18.2 Å². The normalized spacial score (nSPS) is 14.7. The van der Waals surface area contributed by atoms with Crippen LogP contribution < -0.4 is 5.56 Å². The molecular formula is C15H10F3N5O2. The van der Waals surface area contributed by atoms with Crippen LogP contribution in [0.2, 0.25) is 0 Å². The fourth-order valence-corrected chi connectivity index (χ4v) is 2.38. The van der Waals surface area contributed by atoms with E-state index in [0.29, 0.717) is 5.82 Å². The van der Waals surface area contributed by atoms with Crippen LogP contribution in [0, 0.1) is 0 Å². The second-order valence-electron chi connectivity index (χ2n) is 5.61. The molecule has 1 aliphatic carbocycles. The predicted octanol–water partition coefficient (Wildman–Crippen LogP) is 2.78. The molecule has 0 unspecified atom stereocenters. The van der Waals surface area contributed by atoms with Gasteiger partial charge in [0, 0.05) is 18.2 Å². The van der Waals surface area contributed by atoms with Crippen molar-refractivity contribution in [1.29, 1.82) is 0 Å². The van der Waals surface area contributed by atoms with Gasteiger partial charge < -0.3 is 9.51 Å². The molecule has 0 atom stereocenters. The van der Waals surface area contributed by atoms with E-state index in [1.54, 1.807) is 0 Å². The molecule has 3 aromatic rings. The highest BCUT2D eigenvalue weighted by Gasteiger charge is 2.36. The van der Waals surface area contributed by atoms with Crippen LogP contribution in [0.4, 0.5) is 13.2 Å². The van der Waals surface area contributed by atoms with Gasteiger partial charge in [0.25, 0.3) is 11.4 Å². The summed E-state index contributed by atoms with van der Waals surface area (Å²) in [6.45, 7) is 0. The number of rotatable bonds is 3. The van der Waals surface area contributed by atoms with Gasteiger partial charge in [0.1, 0.15) is 11.5 Å². The molecule has 0 saturated heterocycles. The standard InChI is InChI=1S/C15H10F3N5O2/c16-15(17,18)11-8(2-1-5-19-11)13-22-14(25-23-13)9-6-10(24)21-12(20-9)7-3-4-7/h1-2,5-7H,3-4H2,(H,20,21,24). The van der Waals surface area contributed by atoms with E-state index in [1.165, 1.54) is 12.1 Å². The quantitative estimate of drug-likeness (QED) is 0.781. The largest absolute Gasteiger partial charge is 0.434 e. The van der Waals surface area contributed by atoms with Gasteiger partial charge in [-0.15, -0.1) is 0 Å². The smallest absolute Gasteiger partial charge is 0.332 e. The number of pyridine rings is 1. The van der Waals surface area contributed by atoms with Crippen LogP contribution in [-0.4, -0.2) is 25.1 Å². The summed E-state index contributed by atoms with van der Waals surface area (Å²) in [5, 5.41) is 3.58. The summed E-state index contributed by atoms with van der Waals surface area (Å²) in [4.78, 5) is 25.9. The monoisotopic (exact) mass is 349 g/mol. The zero-order valence-corrected chi connectivity index (χ0v) is 12.5. The molecule has 1 saturated carbocycles. The number of hydrogen-bond donors (Lipinski definition) is 1. The molecule has 4 rings (SSSR count). The minimum atomic E-state index is -4.65. The Bertz CT molecular complexity index is 991. The summed E-state index contributed by atoms with van der Waals surface area (Å²) in [6, 6.07) is 3.71. The first-order valence-electron chi connectivity index (χ1n) is 7.40. The van der Waals surface area contributed by atoms with E-state index in [0.717, 1.165) is 25.1 Å². The van der Waals surface area contributed by atoms with Crippen LogP contribution in [0.15, 0.2) is 33.7 Å². The molecule has 0 radical (unpaired) electrons. The molecular weight excluding hydrogens is 339 g/mol. The fraction of sp³-hybridized carbons (Fsp3) is 0.267. The Balaban J connectivity index is 1.76. The molecule has 7 nitrogen and oxygen atoms in total. The van der Waals surface area contributed by atoms with E-state index >= 15 is 0 Å². The van der Waals surface area contributed by atoms with Gasteiger partial charge >= 0.3 is 6.18 Å². The highest BCUT2D eigenvalue weighted by molar-refractivity contribution is 5.60. The number of aromatic amines is 1. The molecule has 1 fully saturated rings. The fourth-order valence-electron chi connectivity index (χ4n) is 2.38. The SMILES string of the molecule is O=c1cc(-c2nc(-c3cccnc3C(F)(F)F)no2)nc(C2CC2)[nH]1. The molecule has 128 valence electrons. The number of alkyl halides is 3. The van der Waals surface area contributed by atoms with Crippen LogP contribution in [0.1, 0.15) is 30.3 Å². The zero-order chi connectivity index (χ0) is 17.6. The zero-order valence-electron chi connectivity index (χ0n) is 12.5. The van der Waals surface area contributed by atoms with Gasteiger partial charge in [0.2, 0.25) is 5.82 Å². The second kappa shape index (κ2) is 5.50. The molecule has 3 heterocycles. The maximum Gasteiger partial charge on any atom is 0.434 e. The molecule has 0 bridgehead atoms. The molecule has 0 aromatic carbocycles. The Morgan fingerprint density at radius 2 is 2.04 bits per heavy atom. The molecule has 25 heavy (non-hydrogen) atoms. The molecule has 0 spiro atoms. The number of halogens is 3. The Morgan fingerprint density at radius 1 is 1.24 bits per heavy atom. The summed E-state index contributed by atoms with van der Waals surface area (Å²) in [7, 11) is 0. The summed E-state index contributed by atoms with van der Waals surface area (Å²) in [5.41, 5.74) is -1.68. The first-order chi connectivity index (χ1) is 11.9. The topological polar surface area (TPSA) is 97.6 Å². The molecule has 1 aliphatic rings. The summed E-state index contributed by atoms with van der Waals surface area (Å²) < 4.78 is 44.2. The average Bonchev–Trinajstić information content (AvgIpc) is 3.30. The molecule has 0 aliphatic heterocycles. The molecule has 0 amide bonds. The van der Waals surface area contributed by atoms with E-state index in [-0.39, 0.29) is 34.4 Å². The van der Waals surface area contributed by atoms with Gasteiger partial charge in [-0.25, -0.2) is 4.98 Å². The minimum Gasteiger partial charge on any atom is -0.332 e. The van der Waals surface area contributed by atoms with Crippen molar-refractivity contribution in [2.75, 3.05) is 0 Å². The second-order valence-corrected chi connectivity index (χ2v) is 5.61. The van der Waals surface area contributed by atoms with E-state index in [2.05, 4.69) is 25.1 Å². The molecule has 1 N–H and O–H groups in total. The van der Waals surface area contributed by atoms with Crippen molar-refractivity contribution in [3.8, 4) is 23.0 Å². The van der Waals surface area contributed by atoms with Crippen LogP contribution in [0.3, 0.4) is 0 Å². The number of nitrogens with one attached hydrogen (secondary N) is 1. The van der Waals surface area contributed by atoms with E-state index in [1.807, 2.05) is 0 Å². The third kappa shape index (κ3) is 3.02. The highest BCUT2D eigenvalue weighted by atomic mass is 19.4. The lowest BCUT2D eigenvalue weighted by Crippen LogP contribution is -2.10. The van der Waals surface area contributed by atoms with Crippen LogP contribution in [0.5, 0.6) is 0 Å². The number of aromatic nitrogens is 5. The third-order valence-electron chi connectivity index (χ3n) is 3.69. The minimum absolute atomic E-state index is 0.125. The number of H-pyrrole nitrogens is 1. The lowest BCUT2D eigenvalue weighted by Gasteiger charge is -2.08. The summed E-state index contributed by atoms with van der Waals surface area (Å²) in [5.74, 6) is 0.301. The lowest BCUT2D eigenvalue weighted by atomic mass is 10.2. The maximum atomic E-state index is 13.1. The first kappa shape index (κ1) is 15.5. The van der Waals surface area contributed by atoms with Crippen LogP contribution in [-0.2, 0) is 6.18 Å². The Labute approximate surface area is 138 Å². The van der Waals surface area contributed by atoms with Crippen LogP contribution >= 0.6 is 0 Å². The van der Waals surface area contributed by atoms with Crippen molar-refractivity contribution >= 4 is 0 Å². The van der Waals surface area contributed by atoms with Gasteiger partial charge in [0.15, 0.2) is 5.69 Å². The Hall–Kier alpha value is -3.04. The van der Waals surface area contributed by atoms with Gasteiger partial charge in [-0.3, -0.25) is 9.78 Å². The Kier molecular flexibility index (Phi) is 3.41. The van der Waals surface area contributed by atoms with Gasteiger partial charge in [-0.1, -0.05) is 5.16 Å². The van der Waals surface area contributed by atoms with Crippen molar-refractivity contribution in [1.82, 2.24) is 25.1 Å². The lowest BCUT2D eigenvalue weighted by molar-refractivity contribution is -0.140. The van der Waals surface area contributed by atoms with Crippen molar-refractivity contribution in [2.45, 2.75) is 24.9 Å². The number of nitrogens with zero attached hydrogens (tertiary/aromatic N) is 4. The van der Waals surface area contributed by atoms with Crippen molar-refractivity contribution in [3.63, 3.8) is 0 Å². The van der Waals surface area contributed by atoms with Crippen molar-refractivity contribution in [3.05, 3.63) is 46.3 Å². The average molecular weight is 349 g/mol. The van der Waals surface area contributed by atoms with E-state index < -0.39 is 11.9 Å². The molecule has 3 aromatic heterocycles. The van der Waals surface area contributed by atoms with Crippen molar-refractivity contribution < 1.29 is 17.7 Å². The predicted molar refractivity (Wildman–Crippen MR) is 78.4 cm³/mol. The third-order valence-corrected chi connectivity index (χ3v) is 3.69. The van der Waals surface area contributed by atoms with E-state index in [9.17, 15) is 18.0 Å². The first-order valence-corrected chi connectivity index (χ1v) is 7.40. The summed E-state index contributed by atoms with van der Waals surface area (Å²) >= 11 is 0.